The van der Waals surface area contributed by atoms with Crippen molar-refractivity contribution in [3.8, 4) is 5.69 Å². The lowest BCUT2D eigenvalue weighted by atomic mass is 10.1. The third-order valence-corrected chi connectivity index (χ3v) is 5.86. The molecule has 0 atom stereocenters. The molecule has 0 spiro atoms. The summed E-state index contributed by atoms with van der Waals surface area (Å²) in [6.45, 7) is 5.96. The van der Waals surface area contributed by atoms with Crippen molar-refractivity contribution < 1.29 is 13.2 Å². The first kappa shape index (κ1) is 19.8. The van der Waals surface area contributed by atoms with E-state index < -0.39 is 9.84 Å². The molecule has 0 saturated carbocycles. The molecule has 1 heterocycles. The van der Waals surface area contributed by atoms with Crippen LogP contribution in [0.2, 0.25) is 0 Å². The summed E-state index contributed by atoms with van der Waals surface area (Å²) in [6.07, 6.45) is 1.13. The van der Waals surface area contributed by atoms with Gasteiger partial charge in [0, 0.05) is 29.6 Å². The van der Waals surface area contributed by atoms with Gasteiger partial charge in [-0.25, -0.2) is 13.1 Å². The van der Waals surface area contributed by atoms with Crippen LogP contribution < -0.4 is 5.32 Å². The quantitative estimate of drug-likeness (QED) is 0.717. The van der Waals surface area contributed by atoms with Gasteiger partial charge >= 0.3 is 0 Å². The molecule has 3 rings (SSSR count). The number of nitrogens with zero attached hydrogens (tertiary/aromatic N) is 2. The van der Waals surface area contributed by atoms with Crippen molar-refractivity contribution >= 4 is 15.7 Å². The van der Waals surface area contributed by atoms with Crippen LogP contribution >= 0.6 is 0 Å². The smallest absolute Gasteiger partial charge is 0.251 e. The van der Waals surface area contributed by atoms with Gasteiger partial charge in [-0.2, -0.15) is 5.10 Å². The minimum absolute atomic E-state index is 0.132. The number of carbonyl (C=O) groups is 1. The number of para-hydroxylation sites is 1. The fourth-order valence-electron chi connectivity index (χ4n) is 3.09. The van der Waals surface area contributed by atoms with E-state index in [1.165, 1.54) is 12.1 Å². The van der Waals surface area contributed by atoms with E-state index in [4.69, 9.17) is 0 Å². The summed E-state index contributed by atoms with van der Waals surface area (Å²) in [7, 11) is -3.38. The summed E-state index contributed by atoms with van der Waals surface area (Å²) in [4.78, 5) is 12.8. The van der Waals surface area contributed by atoms with Crippen LogP contribution in [0.5, 0.6) is 0 Å². The third-order valence-electron chi connectivity index (χ3n) is 4.75. The van der Waals surface area contributed by atoms with E-state index in [0.29, 0.717) is 12.1 Å². The average molecular weight is 398 g/mol. The van der Waals surface area contributed by atoms with E-state index in [0.717, 1.165) is 34.5 Å². The molecule has 0 radical (unpaired) electrons. The van der Waals surface area contributed by atoms with E-state index in [2.05, 4.69) is 10.4 Å². The van der Waals surface area contributed by atoms with Gasteiger partial charge in [0.1, 0.15) is 0 Å². The highest BCUT2D eigenvalue weighted by Crippen LogP contribution is 2.19. The summed E-state index contributed by atoms with van der Waals surface area (Å²) in [5, 5.41) is 7.48. The predicted octanol–water partition coefficient (Wildman–Crippen LogP) is 3.13. The van der Waals surface area contributed by atoms with E-state index >= 15 is 0 Å². The molecule has 0 bridgehead atoms. The van der Waals surface area contributed by atoms with Gasteiger partial charge in [0.15, 0.2) is 9.84 Å². The third kappa shape index (κ3) is 3.99. The van der Waals surface area contributed by atoms with Crippen molar-refractivity contribution in [1.82, 2.24) is 15.1 Å². The molecule has 28 heavy (non-hydrogen) atoms. The maximum Gasteiger partial charge on any atom is 0.251 e. The summed E-state index contributed by atoms with van der Waals surface area (Å²) in [5.41, 5.74) is 4.76. The van der Waals surface area contributed by atoms with Crippen molar-refractivity contribution in [2.45, 2.75) is 32.2 Å². The van der Waals surface area contributed by atoms with Crippen LogP contribution in [-0.4, -0.2) is 30.4 Å². The second-order valence-electron chi connectivity index (χ2n) is 6.83. The van der Waals surface area contributed by atoms with Gasteiger partial charge in [-0.15, -0.1) is 0 Å². The largest absolute Gasteiger partial charge is 0.348 e. The number of sulfone groups is 1. The second-order valence-corrected chi connectivity index (χ2v) is 8.84. The number of hydrogen-bond donors (Lipinski definition) is 1. The molecule has 0 aliphatic rings. The summed E-state index contributed by atoms with van der Waals surface area (Å²) >= 11 is 0. The highest BCUT2D eigenvalue weighted by atomic mass is 32.2. The minimum atomic E-state index is -3.38. The number of hydrogen-bond acceptors (Lipinski definition) is 4. The second kappa shape index (κ2) is 7.59. The number of nitrogens with one attached hydrogen (secondary N) is 1. The van der Waals surface area contributed by atoms with Crippen LogP contribution in [0.4, 0.5) is 0 Å². The van der Waals surface area contributed by atoms with Gasteiger partial charge in [0.25, 0.3) is 5.91 Å². The molecular weight excluding hydrogens is 374 g/mol. The Morgan fingerprint density at radius 1 is 1.07 bits per heavy atom. The Kier molecular flexibility index (Phi) is 5.38. The Hall–Kier alpha value is -2.93. The van der Waals surface area contributed by atoms with Crippen LogP contribution in [0.25, 0.3) is 5.69 Å². The van der Waals surface area contributed by atoms with E-state index in [9.17, 15) is 13.2 Å². The van der Waals surface area contributed by atoms with Crippen molar-refractivity contribution in [2.24, 2.45) is 0 Å². The van der Waals surface area contributed by atoms with Crippen LogP contribution in [0.3, 0.4) is 0 Å². The van der Waals surface area contributed by atoms with Crippen LogP contribution in [-0.2, 0) is 16.4 Å². The molecule has 1 N–H and O–H groups in total. The van der Waals surface area contributed by atoms with Gasteiger partial charge in [-0.3, -0.25) is 4.79 Å². The average Bonchev–Trinajstić information content (AvgIpc) is 2.94. The first-order chi connectivity index (χ1) is 13.2. The molecule has 3 aromatic rings. The van der Waals surface area contributed by atoms with Crippen molar-refractivity contribution in [2.75, 3.05) is 6.26 Å². The number of aryl methyl sites for hydroxylation is 2. The van der Waals surface area contributed by atoms with Crippen LogP contribution in [0.1, 0.15) is 32.9 Å². The van der Waals surface area contributed by atoms with Crippen molar-refractivity contribution in [3.05, 3.63) is 76.6 Å². The monoisotopic (exact) mass is 397 g/mol. The summed E-state index contributed by atoms with van der Waals surface area (Å²) < 4.78 is 25.4. The highest BCUT2D eigenvalue weighted by Gasteiger charge is 2.17. The fraction of sp³-hybridized carbons (Fsp3) is 0.238. The van der Waals surface area contributed by atoms with E-state index in [1.807, 2.05) is 48.9 Å². The van der Waals surface area contributed by atoms with E-state index in [1.54, 1.807) is 13.0 Å². The molecule has 2 aromatic carbocycles. The lowest BCUT2D eigenvalue weighted by Crippen LogP contribution is -2.24. The zero-order valence-corrected chi connectivity index (χ0v) is 17.2. The van der Waals surface area contributed by atoms with Gasteiger partial charge < -0.3 is 5.32 Å². The zero-order valence-electron chi connectivity index (χ0n) is 16.4. The first-order valence-corrected chi connectivity index (χ1v) is 10.8. The Morgan fingerprint density at radius 3 is 2.39 bits per heavy atom. The molecule has 0 aliphatic heterocycles. The van der Waals surface area contributed by atoms with Gasteiger partial charge in [0.05, 0.1) is 16.3 Å². The molecule has 146 valence electrons. The molecule has 0 unspecified atom stereocenters. The topological polar surface area (TPSA) is 81.1 Å². The Bertz CT molecular complexity index is 1130. The molecule has 1 amide bonds. The lowest BCUT2D eigenvalue weighted by molar-refractivity contribution is 0.0950. The van der Waals surface area contributed by atoms with E-state index in [-0.39, 0.29) is 10.8 Å². The molecule has 0 aliphatic carbocycles. The Balaban J connectivity index is 1.84. The lowest BCUT2D eigenvalue weighted by Gasteiger charge is -2.10. The molecular formula is C21H23N3O3S. The minimum Gasteiger partial charge on any atom is -0.348 e. The number of aromatic nitrogens is 2. The number of rotatable bonds is 5. The fourth-order valence-corrected chi connectivity index (χ4v) is 3.74. The number of carbonyl (C=O) groups excluding carboxylic acids is 1. The van der Waals surface area contributed by atoms with Crippen LogP contribution in [0.15, 0.2) is 53.4 Å². The number of benzene rings is 2. The SMILES string of the molecule is Cc1ccc(S(C)(=O)=O)cc1C(=O)NCc1c(C)nn(-c2ccccc2)c1C. The van der Waals surface area contributed by atoms with Gasteiger partial charge in [0.2, 0.25) is 0 Å². The predicted molar refractivity (Wildman–Crippen MR) is 108 cm³/mol. The molecule has 0 fully saturated rings. The maximum atomic E-state index is 12.7. The Morgan fingerprint density at radius 2 is 1.75 bits per heavy atom. The molecule has 6 nitrogen and oxygen atoms in total. The normalized spacial score (nSPS) is 11.4. The van der Waals surface area contributed by atoms with Gasteiger partial charge in [-0.1, -0.05) is 24.3 Å². The number of amides is 1. The standard InChI is InChI=1S/C21H23N3O3S/c1-14-10-11-18(28(4,26)27)12-19(14)21(25)22-13-20-15(2)23-24(16(20)3)17-8-6-5-7-9-17/h5-12H,13H2,1-4H3,(H,22,25). The van der Waals surface area contributed by atoms with Gasteiger partial charge in [-0.05, 0) is 50.6 Å². The van der Waals surface area contributed by atoms with Crippen molar-refractivity contribution in [3.63, 3.8) is 0 Å². The Labute approximate surface area is 165 Å². The molecule has 7 heteroatoms. The summed E-state index contributed by atoms with van der Waals surface area (Å²) in [5.74, 6) is -0.311. The van der Waals surface area contributed by atoms with Crippen molar-refractivity contribution in [1.29, 1.82) is 0 Å². The maximum absolute atomic E-state index is 12.7. The highest BCUT2D eigenvalue weighted by molar-refractivity contribution is 7.90. The molecule has 1 aromatic heterocycles. The zero-order chi connectivity index (χ0) is 20.5. The molecule has 0 saturated heterocycles. The summed E-state index contributed by atoms with van der Waals surface area (Å²) in [6, 6.07) is 14.4. The van der Waals surface area contributed by atoms with Crippen LogP contribution in [0, 0.1) is 20.8 Å². The first-order valence-electron chi connectivity index (χ1n) is 8.88.